The number of benzene rings is 2. The fourth-order valence-corrected chi connectivity index (χ4v) is 1.99. The van der Waals surface area contributed by atoms with Crippen LogP contribution < -0.4 is 5.32 Å². The fraction of sp³-hybridized carbons (Fsp3) is 0.0714. The van der Waals surface area contributed by atoms with Crippen molar-refractivity contribution in [2.45, 2.75) is 6.92 Å². The van der Waals surface area contributed by atoms with Crippen molar-refractivity contribution in [2.75, 3.05) is 5.32 Å². The number of anilines is 1. The highest BCUT2D eigenvalue weighted by Crippen LogP contribution is 2.26. The quantitative estimate of drug-likeness (QED) is 0.652. The molecule has 7 heteroatoms. The third-order valence-corrected chi connectivity index (χ3v) is 3.54. The van der Waals surface area contributed by atoms with Gasteiger partial charge >= 0.3 is 0 Å². The molecule has 0 atom stereocenters. The molecule has 0 saturated heterocycles. The van der Waals surface area contributed by atoms with Gasteiger partial charge in [0, 0.05) is 22.9 Å². The maximum Gasteiger partial charge on any atom is 0.274 e. The van der Waals surface area contributed by atoms with E-state index in [9.17, 15) is 20.0 Å². The molecule has 0 radical (unpaired) electrons. The molecule has 0 aromatic heterocycles. The number of nitro benzene ring substituents is 1. The SMILES string of the molecule is Cc1ccc(NC(=O)c2ccc(Br)c(O)c2)cc1[N+](=O)[O-]. The highest BCUT2D eigenvalue weighted by atomic mass is 79.9. The minimum absolute atomic E-state index is 0.0578. The van der Waals surface area contributed by atoms with Crippen LogP contribution in [0.1, 0.15) is 15.9 Å². The molecule has 0 unspecified atom stereocenters. The Hall–Kier alpha value is -2.41. The molecule has 2 aromatic carbocycles. The van der Waals surface area contributed by atoms with Crippen LogP contribution in [0.2, 0.25) is 0 Å². The van der Waals surface area contributed by atoms with Crippen LogP contribution in [-0.4, -0.2) is 15.9 Å². The summed E-state index contributed by atoms with van der Waals surface area (Å²) in [7, 11) is 0. The standard InChI is InChI=1S/C14H11BrN2O4/c1-8-2-4-10(7-12(8)17(20)21)16-14(19)9-3-5-11(15)13(18)6-9/h2-7,18H,1H3,(H,16,19). The lowest BCUT2D eigenvalue weighted by Crippen LogP contribution is -2.12. The van der Waals surface area contributed by atoms with E-state index in [2.05, 4.69) is 21.2 Å². The van der Waals surface area contributed by atoms with Gasteiger partial charge in [0.05, 0.1) is 9.40 Å². The maximum atomic E-state index is 12.0. The Morgan fingerprint density at radius 1 is 1.29 bits per heavy atom. The van der Waals surface area contributed by atoms with Gasteiger partial charge in [0.25, 0.3) is 11.6 Å². The summed E-state index contributed by atoms with van der Waals surface area (Å²) in [5.41, 5.74) is 1.02. The van der Waals surface area contributed by atoms with Gasteiger partial charge in [-0.25, -0.2) is 0 Å². The number of halogens is 1. The molecule has 2 N–H and O–H groups in total. The number of phenolic OH excluding ortho intramolecular Hbond substituents is 1. The second-order valence-corrected chi connectivity index (χ2v) is 5.23. The number of hydrogen-bond donors (Lipinski definition) is 2. The van der Waals surface area contributed by atoms with Gasteiger partial charge in [-0.05, 0) is 47.1 Å². The summed E-state index contributed by atoms with van der Waals surface area (Å²) in [6, 6.07) is 8.82. The van der Waals surface area contributed by atoms with Crippen molar-refractivity contribution in [3.05, 3.63) is 62.1 Å². The lowest BCUT2D eigenvalue weighted by Gasteiger charge is -2.07. The van der Waals surface area contributed by atoms with Crippen LogP contribution in [0.15, 0.2) is 40.9 Å². The monoisotopic (exact) mass is 350 g/mol. The number of aromatic hydroxyl groups is 1. The number of amides is 1. The second-order valence-electron chi connectivity index (χ2n) is 4.38. The highest BCUT2D eigenvalue weighted by molar-refractivity contribution is 9.10. The van der Waals surface area contributed by atoms with Gasteiger partial charge in [0.2, 0.25) is 0 Å². The molecule has 2 rings (SSSR count). The molecule has 21 heavy (non-hydrogen) atoms. The average Bonchev–Trinajstić information content (AvgIpc) is 2.43. The number of hydrogen-bond acceptors (Lipinski definition) is 4. The predicted octanol–water partition coefficient (Wildman–Crippen LogP) is 3.62. The summed E-state index contributed by atoms with van der Waals surface area (Å²) in [6.45, 7) is 1.62. The van der Waals surface area contributed by atoms with Crippen LogP contribution in [0.4, 0.5) is 11.4 Å². The number of nitro groups is 1. The van der Waals surface area contributed by atoms with Crippen LogP contribution in [0.3, 0.4) is 0 Å². The van der Waals surface area contributed by atoms with E-state index in [1.165, 1.54) is 18.2 Å². The number of carbonyl (C=O) groups excluding carboxylic acids is 1. The van der Waals surface area contributed by atoms with E-state index in [0.29, 0.717) is 15.7 Å². The van der Waals surface area contributed by atoms with Gasteiger partial charge in [-0.15, -0.1) is 0 Å². The molecule has 108 valence electrons. The molecule has 0 fully saturated rings. The summed E-state index contributed by atoms with van der Waals surface area (Å²) >= 11 is 3.12. The van der Waals surface area contributed by atoms with Crippen LogP contribution in [-0.2, 0) is 0 Å². The van der Waals surface area contributed by atoms with E-state index < -0.39 is 10.8 Å². The minimum Gasteiger partial charge on any atom is -0.507 e. The maximum absolute atomic E-state index is 12.0. The van der Waals surface area contributed by atoms with Crippen LogP contribution in [0.25, 0.3) is 0 Å². The van der Waals surface area contributed by atoms with Gasteiger partial charge in [-0.3, -0.25) is 14.9 Å². The molecule has 0 aliphatic heterocycles. The van der Waals surface area contributed by atoms with E-state index in [1.54, 1.807) is 25.1 Å². The number of phenols is 1. The Labute approximate surface area is 128 Å². The normalized spacial score (nSPS) is 10.2. The molecular formula is C14H11BrN2O4. The zero-order chi connectivity index (χ0) is 15.6. The molecule has 1 amide bonds. The van der Waals surface area contributed by atoms with Crippen molar-refractivity contribution < 1.29 is 14.8 Å². The zero-order valence-corrected chi connectivity index (χ0v) is 12.5. The number of rotatable bonds is 3. The van der Waals surface area contributed by atoms with E-state index >= 15 is 0 Å². The Balaban J connectivity index is 2.25. The first-order valence-corrected chi connectivity index (χ1v) is 6.72. The van der Waals surface area contributed by atoms with Crippen molar-refractivity contribution in [2.24, 2.45) is 0 Å². The third-order valence-electron chi connectivity index (χ3n) is 2.87. The molecule has 0 heterocycles. The molecule has 0 spiro atoms. The first kappa shape index (κ1) is 15.0. The molecule has 2 aromatic rings. The predicted molar refractivity (Wildman–Crippen MR) is 81.6 cm³/mol. The Morgan fingerprint density at radius 3 is 2.62 bits per heavy atom. The zero-order valence-electron chi connectivity index (χ0n) is 11.0. The van der Waals surface area contributed by atoms with Gasteiger partial charge in [0.1, 0.15) is 5.75 Å². The van der Waals surface area contributed by atoms with Gasteiger partial charge in [-0.2, -0.15) is 0 Å². The van der Waals surface area contributed by atoms with E-state index in [0.717, 1.165) is 0 Å². The lowest BCUT2D eigenvalue weighted by molar-refractivity contribution is -0.385. The Kier molecular flexibility index (Phi) is 4.23. The van der Waals surface area contributed by atoms with Crippen LogP contribution in [0.5, 0.6) is 5.75 Å². The fourth-order valence-electron chi connectivity index (χ4n) is 1.74. The van der Waals surface area contributed by atoms with Crippen molar-refractivity contribution >= 4 is 33.2 Å². The molecule has 6 nitrogen and oxygen atoms in total. The van der Waals surface area contributed by atoms with Crippen molar-refractivity contribution in [3.8, 4) is 5.75 Å². The first-order valence-electron chi connectivity index (χ1n) is 5.93. The highest BCUT2D eigenvalue weighted by Gasteiger charge is 2.13. The van der Waals surface area contributed by atoms with E-state index in [1.807, 2.05) is 0 Å². The summed E-state index contributed by atoms with van der Waals surface area (Å²) in [6.07, 6.45) is 0. The van der Waals surface area contributed by atoms with Gasteiger partial charge < -0.3 is 10.4 Å². The first-order chi connectivity index (χ1) is 9.88. The van der Waals surface area contributed by atoms with Gasteiger partial charge in [0.15, 0.2) is 0 Å². The molecule has 0 aliphatic rings. The Morgan fingerprint density at radius 2 is 2.00 bits per heavy atom. The van der Waals surface area contributed by atoms with Crippen molar-refractivity contribution in [1.29, 1.82) is 0 Å². The topological polar surface area (TPSA) is 92.5 Å². The van der Waals surface area contributed by atoms with Crippen molar-refractivity contribution in [3.63, 3.8) is 0 Å². The van der Waals surface area contributed by atoms with E-state index in [4.69, 9.17) is 0 Å². The smallest absolute Gasteiger partial charge is 0.274 e. The van der Waals surface area contributed by atoms with Gasteiger partial charge in [-0.1, -0.05) is 6.07 Å². The number of carbonyl (C=O) groups is 1. The summed E-state index contributed by atoms with van der Waals surface area (Å²) in [5, 5.41) is 23.0. The number of aryl methyl sites for hydroxylation is 1. The minimum atomic E-state index is -0.504. The van der Waals surface area contributed by atoms with E-state index in [-0.39, 0.29) is 17.0 Å². The average molecular weight is 351 g/mol. The molecule has 0 bridgehead atoms. The summed E-state index contributed by atoms with van der Waals surface area (Å²) in [4.78, 5) is 22.4. The second kappa shape index (κ2) is 5.92. The van der Waals surface area contributed by atoms with Crippen molar-refractivity contribution in [1.82, 2.24) is 0 Å². The summed E-state index contributed by atoms with van der Waals surface area (Å²) < 4.78 is 0.477. The van der Waals surface area contributed by atoms with Crippen LogP contribution in [0, 0.1) is 17.0 Å². The number of nitrogens with one attached hydrogen (secondary N) is 1. The Bertz CT molecular complexity index is 731. The molecule has 0 saturated carbocycles. The largest absolute Gasteiger partial charge is 0.507 e. The summed E-state index contributed by atoms with van der Waals surface area (Å²) in [5.74, 6) is -0.520. The van der Waals surface area contributed by atoms with Crippen LogP contribution >= 0.6 is 15.9 Å². The molecule has 0 aliphatic carbocycles. The molecular weight excluding hydrogens is 340 g/mol. The third kappa shape index (κ3) is 3.38. The number of nitrogens with zero attached hydrogens (tertiary/aromatic N) is 1. The lowest BCUT2D eigenvalue weighted by atomic mass is 10.1.